The molecule has 0 amide bonds. The molecule has 0 N–H and O–H groups in total. The predicted molar refractivity (Wildman–Crippen MR) is 26.8 cm³/mol. The van der Waals surface area contributed by atoms with Gasteiger partial charge in [-0.3, -0.25) is 0 Å². The van der Waals surface area contributed by atoms with Gasteiger partial charge in [0.25, 0.3) is 0 Å². The molecule has 0 spiro atoms. The van der Waals surface area contributed by atoms with E-state index in [1.807, 2.05) is 0 Å². The maximum Gasteiger partial charge on any atom is 0.313 e. The van der Waals surface area contributed by atoms with E-state index in [1.54, 1.807) is 6.82 Å². The van der Waals surface area contributed by atoms with Crippen LogP contribution >= 0.6 is 0 Å². The Morgan fingerprint density at radius 3 is 2.33 bits per heavy atom. The molecule has 0 saturated carbocycles. The van der Waals surface area contributed by atoms with Crippen LogP contribution in [0.25, 0.3) is 0 Å². The first-order chi connectivity index (χ1) is 2.77. The molecule has 0 saturated heterocycles. The maximum absolute atomic E-state index is 9.90. The molecule has 6 heavy (non-hydrogen) atoms. The van der Waals surface area contributed by atoms with Crippen molar-refractivity contribution in [2.45, 2.75) is 6.82 Å². The van der Waals surface area contributed by atoms with Gasteiger partial charge in [-0.1, -0.05) is 6.82 Å². The Hall–Kier alpha value is 0.175. The molecule has 0 heterocycles. The topological polar surface area (TPSA) is 26.3 Å². The molecule has 1 unspecified atom stereocenters. The van der Waals surface area contributed by atoms with Gasteiger partial charge in [-0.15, -0.1) is 0 Å². The highest BCUT2D eigenvalue weighted by Crippen LogP contribution is 1.71. The van der Waals surface area contributed by atoms with Crippen molar-refractivity contribution in [3.63, 3.8) is 0 Å². The van der Waals surface area contributed by atoms with E-state index >= 15 is 0 Å². The van der Waals surface area contributed by atoms with E-state index in [0.29, 0.717) is 0 Å². The summed E-state index contributed by atoms with van der Waals surface area (Å²) in [5.41, 5.74) is 0. The molecule has 1 atom stereocenters. The molecular formula is C2H6BO2S. The summed E-state index contributed by atoms with van der Waals surface area (Å²) < 4.78 is 14.3. The fourth-order valence-corrected chi connectivity index (χ4v) is 0.407. The first-order valence-corrected chi connectivity index (χ1v) is 3.04. The Kier molecular flexibility index (Phi) is 3.47. The second kappa shape index (κ2) is 3.37. The first-order valence-electron chi connectivity index (χ1n) is 1.55. The Morgan fingerprint density at radius 1 is 1.83 bits per heavy atom. The van der Waals surface area contributed by atoms with Gasteiger partial charge < -0.3 is 4.10 Å². The third-order valence-electron chi connectivity index (χ3n) is 0.232. The van der Waals surface area contributed by atoms with Crippen LogP contribution in [0.4, 0.5) is 0 Å². The summed E-state index contributed by atoms with van der Waals surface area (Å²) in [6, 6.07) is 0. The lowest BCUT2D eigenvalue weighted by Crippen LogP contribution is -1.94. The molecule has 0 fully saturated rings. The summed E-state index contributed by atoms with van der Waals surface area (Å²) in [6.07, 6.45) is 1.47. The molecule has 1 radical (unpaired) electrons. The number of rotatable bonds is 2. The summed E-state index contributed by atoms with van der Waals surface area (Å²) in [7, 11) is 1.40. The van der Waals surface area contributed by atoms with Crippen molar-refractivity contribution in [2.75, 3.05) is 6.26 Å². The van der Waals surface area contributed by atoms with Gasteiger partial charge >= 0.3 is 7.48 Å². The largest absolute Gasteiger partial charge is 0.360 e. The molecule has 0 aromatic carbocycles. The lowest BCUT2D eigenvalue weighted by Gasteiger charge is -1.85. The zero-order valence-corrected chi connectivity index (χ0v) is 4.62. The quantitative estimate of drug-likeness (QED) is 0.460. The first kappa shape index (κ1) is 6.17. The molecule has 2 nitrogen and oxygen atoms in total. The van der Waals surface area contributed by atoms with Gasteiger partial charge in [0.1, 0.15) is 11.1 Å². The fraction of sp³-hybridized carbons (Fsp3) is 1.00. The minimum atomic E-state index is -1.12. The average Bonchev–Trinajstić information content (AvgIpc) is 1.35. The van der Waals surface area contributed by atoms with Crippen molar-refractivity contribution >= 4 is 18.6 Å². The molecule has 0 aliphatic rings. The van der Waals surface area contributed by atoms with Crippen molar-refractivity contribution in [1.82, 2.24) is 0 Å². The van der Waals surface area contributed by atoms with E-state index in [-0.39, 0.29) is 0 Å². The van der Waals surface area contributed by atoms with E-state index in [4.69, 9.17) is 0 Å². The van der Waals surface area contributed by atoms with Gasteiger partial charge in [0.2, 0.25) is 0 Å². The molecule has 0 aliphatic carbocycles. The molecule has 0 aliphatic heterocycles. The van der Waals surface area contributed by atoms with Gasteiger partial charge in [-0.05, 0) is 0 Å². The van der Waals surface area contributed by atoms with Crippen molar-refractivity contribution < 1.29 is 8.31 Å². The normalized spacial score (nSPS) is 13.7. The second-order valence-electron chi connectivity index (χ2n) is 0.733. The summed E-state index contributed by atoms with van der Waals surface area (Å²) in [5.74, 6) is 0. The van der Waals surface area contributed by atoms with Crippen molar-refractivity contribution in [2.24, 2.45) is 0 Å². The summed E-state index contributed by atoms with van der Waals surface area (Å²) >= 11 is -1.12. The third-order valence-corrected chi connectivity index (χ3v) is 0.695. The lowest BCUT2D eigenvalue weighted by molar-refractivity contribution is 0.594. The molecule has 0 aromatic rings. The minimum absolute atomic E-state index is 1.12. The SMILES string of the molecule is C[B]OS(C)=O. The average molecular weight is 105 g/mol. The van der Waals surface area contributed by atoms with Gasteiger partial charge in [0.05, 0.1) is 0 Å². The van der Waals surface area contributed by atoms with Crippen LogP contribution in [-0.4, -0.2) is 17.9 Å². The second-order valence-corrected chi connectivity index (χ2v) is 1.73. The monoisotopic (exact) mass is 105 g/mol. The molecule has 35 valence electrons. The van der Waals surface area contributed by atoms with Gasteiger partial charge in [0.15, 0.2) is 0 Å². The van der Waals surface area contributed by atoms with Crippen molar-refractivity contribution in [3.05, 3.63) is 0 Å². The number of hydrogen-bond acceptors (Lipinski definition) is 2. The molecular weight excluding hydrogens is 98.9 g/mol. The highest BCUT2D eigenvalue weighted by atomic mass is 32.2. The van der Waals surface area contributed by atoms with E-state index in [1.165, 1.54) is 13.7 Å². The molecule has 0 aromatic heterocycles. The van der Waals surface area contributed by atoms with E-state index in [9.17, 15) is 4.21 Å². The molecule has 4 heteroatoms. The van der Waals surface area contributed by atoms with Crippen molar-refractivity contribution in [1.29, 1.82) is 0 Å². The highest BCUT2D eigenvalue weighted by molar-refractivity contribution is 7.80. The van der Waals surface area contributed by atoms with E-state index in [2.05, 4.69) is 4.10 Å². The number of hydrogen-bond donors (Lipinski definition) is 0. The van der Waals surface area contributed by atoms with Crippen LogP contribution in [0.3, 0.4) is 0 Å². The molecule has 0 rings (SSSR count). The van der Waals surface area contributed by atoms with E-state index in [0.717, 1.165) is 0 Å². The van der Waals surface area contributed by atoms with Gasteiger partial charge in [0, 0.05) is 6.26 Å². The van der Waals surface area contributed by atoms with Crippen LogP contribution < -0.4 is 0 Å². The highest BCUT2D eigenvalue weighted by Gasteiger charge is 1.82. The van der Waals surface area contributed by atoms with Gasteiger partial charge in [-0.2, -0.15) is 0 Å². The zero-order valence-electron chi connectivity index (χ0n) is 3.80. The zero-order chi connectivity index (χ0) is 4.99. The summed E-state index contributed by atoms with van der Waals surface area (Å²) in [6.45, 7) is 1.68. The Labute approximate surface area is 40.8 Å². The van der Waals surface area contributed by atoms with Gasteiger partial charge in [-0.25, -0.2) is 4.21 Å². The third kappa shape index (κ3) is 4.17. The van der Waals surface area contributed by atoms with E-state index < -0.39 is 11.1 Å². The van der Waals surface area contributed by atoms with Crippen LogP contribution in [0.2, 0.25) is 6.82 Å². The van der Waals surface area contributed by atoms with Crippen LogP contribution in [0.5, 0.6) is 0 Å². The van der Waals surface area contributed by atoms with Crippen LogP contribution in [0.1, 0.15) is 0 Å². The summed E-state index contributed by atoms with van der Waals surface area (Å²) in [4.78, 5) is 0. The Bertz CT molecular complexity index is 55.5. The molecule has 0 bridgehead atoms. The van der Waals surface area contributed by atoms with Crippen LogP contribution in [-0.2, 0) is 15.2 Å². The summed E-state index contributed by atoms with van der Waals surface area (Å²) in [5, 5.41) is 0. The fourth-order valence-electron chi connectivity index (χ4n) is 0.136. The van der Waals surface area contributed by atoms with Crippen LogP contribution in [0, 0.1) is 0 Å². The predicted octanol–water partition coefficient (Wildman–Crippen LogP) is -0.0362. The lowest BCUT2D eigenvalue weighted by atomic mass is 10.1. The smallest absolute Gasteiger partial charge is 0.313 e. The standard InChI is InChI=1S/C2H6BO2S/c1-3-5-6(2)4/h1-2H3. The Balaban J connectivity index is 2.83. The Morgan fingerprint density at radius 2 is 2.33 bits per heavy atom. The minimum Gasteiger partial charge on any atom is -0.360 e. The van der Waals surface area contributed by atoms with Crippen molar-refractivity contribution in [3.8, 4) is 0 Å². The maximum atomic E-state index is 9.90. The van der Waals surface area contributed by atoms with Crippen LogP contribution in [0.15, 0.2) is 0 Å².